The molecule has 3 aliphatic carbocycles. The molecule has 11 rings (SSSR count). The van der Waals surface area contributed by atoms with Crippen LogP contribution in [0.3, 0.4) is 0 Å². The van der Waals surface area contributed by atoms with Crippen LogP contribution in [0, 0.1) is 29.1 Å². The van der Waals surface area contributed by atoms with E-state index in [4.69, 9.17) is 15.0 Å². The summed E-state index contributed by atoms with van der Waals surface area (Å²) in [7, 11) is 0. The molecule has 0 radical (unpaired) electrons. The van der Waals surface area contributed by atoms with E-state index in [2.05, 4.69) is 153 Å². The molecule has 2 fully saturated rings. The van der Waals surface area contributed by atoms with Crippen LogP contribution in [0.4, 0.5) is 0 Å². The molecule has 4 heteroatoms. The predicted molar refractivity (Wildman–Crippen MR) is 250 cm³/mol. The van der Waals surface area contributed by atoms with Gasteiger partial charge in [-0.3, -0.25) is 0 Å². The molecule has 1 heterocycles. The molecule has 5 atom stereocenters. The number of hydrogen-bond donors (Lipinski definition) is 0. The smallest absolute Gasteiger partial charge is 0.164 e. The minimum absolute atomic E-state index is 0.257. The van der Waals surface area contributed by atoms with Crippen molar-refractivity contribution in [1.29, 1.82) is 5.26 Å². The van der Waals surface area contributed by atoms with Gasteiger partial charge in [0.1, 0.15) is 0 Å². The summed E-state index contributed by atoms with van der Waals surface area (Å²) in [4.78, 5) is 15.7. The number of fused-ring (bicyclic) bond motifs is 5. The number of nitrogens with zero attached hydrogens (tertiary/aromatic N) is 4. The zero-order valence-electron chi connectivity index (χ0n) is 35.3. The second kappa shape index (κ2) is 15.2. The van der Waals surface area contributed by atoms with Crippen LogP contribution in [-0.4, -0.2) is 15.0 Å². The second-order valence-corrected chi connectivity index (χ2v) is 18.3. The van der Waals surface area contributed by atoms with Crippen molar-refractivity contribution in [3.63, 3.8) is 0 Å². The van der Waals surface area contributed by atoms with Gasteiger partial charge in [-0.15, -0.1) is 0 Å². The van der Waals surface area contributed by atoms with E-state index in [0.29, 0.717) is 23.0 Å². The molecule has 0 aliphatic heterocycles. The molecule has 3 aliphatic rings. The van der Waals surface area contributed by atoms with Gasteiger partial charge in [-0.1, -0.05) is 178 Å². The van der Waals surface area contributed by atoms with E-state index in [1.165, 1.54) is 65.5 Å². The van der Waals surface area contributed by atoms with Crippen LogP contribution >= 0.6 is 0 Å². The van der Waals surface area contributed by atoms with Gasteiger partial charge in [0.25, 0.3) is 0 Å². The summed E-state index contributed by atoms with van der Waals surface area (Å²) < 4.78 is 0. The number of aromatic nitrogens is 3. The van der Waals surface area contributed by atoms with E-state index in [1.54, 1.807) is 0 Å². The minimum Gasteiger partial charge on any atom is -0.208 e. The third-order valence-corrected chi connectivity index (χ3v) is 14.2. The molecule has 2 bridgehead atoms. The average Bonchev–Trinajstić information content (AvgIpc) is 3.63. The molecule has 0 N–H and O–H groups in total. The number of rotatable bonds is 7. The highest BCUT2D eigenvalue weighted by molar-refractivity contribution is 5.94. The molecule has 2 unspecified atom stereocenters. The van der Waals surface area contributed by atoms with E-state index in [1.807, 2.05) is 42.5 Å². The van der Waals surface area contributed by atoms with Crippen molar-refractivity contribution in [3.8, 4) is 62.5 Å². The summed E-state index contributed by atoms with van der Waals surface area (Å²) in [6, 6.07) is 65.1. The lowest BCUT2D eigenvalue weighted by molar-refractivity contribution is 0.0780. The zero-order valence-corrected chi connectivity index (χ0v) is 35.3. The second-order valence-electron chi connectivity index (χ2n) is 18.3. The van der Waals surface area contributed by atoms with Crippen molar-refractivity contribution in [1.82, 2.24) is 15.0 Å². The van der Waals surface area contributed by atoms with Gasteiger partial charge in [0.2, 0.25) is 0 Å². The Kier molecular flexibility index (Phi) is 9.31. The summed E-state index contributed by atoms with van der Waals surface area (Å²) in [5.74, 6) is 4.22. The quantitative estimate of drug-likeness (QED) is 0.161. The van der Waals surface area contributed by atoms with Crippen LogP contribution in [0.25, 0.3) is 56.4 Å². The molecule has 0 saturated heterocycles. The van der Waals surface area contributed by atoms with Crippen molar-refractivity contribution in [2.24, 2.45) is 17.8 Å². The number of hydrogen-bond acceptors (Lipinski definition) is 4. The zero-order chi connectivity index (χ0) is 41.8. The first-order valence-electron chi connectivity index (χ1n) is 22.2. The number of benzene rings is 7. The van der Waals surface area contributed by atoms with Gasteiger partial charge in [-0.25, -0.2) is 15.0 Å². The molecule has 0 spiro atoms. The molecular weight excluding hydrogens is 753 g/mol. The highest BCUT2D eigenvalue weighted by atomic mass is 15.0. The third-order valence-electron chi connectivity index (χ3n) is 14.2. The first kappa shape index (κ1) is 38.0. The molecule has 4 nitrogen and oxygen atoms in total. The lowest BCUT2D eigenvalue weighted by Crippen LogP contribution is -2.42. The molecule has 8 aromatic rings. The van der Waals surface area contributed by atoms with E-state index in [9.17, 15) is 5.26 Å². The summed E-state index contributed by atoms with van der Waals surface area (Å²) >= 11 is 0. The molecular formula is C58H48N4. The Balaban J connectivity index is 1.09. The Bertz CT molecular complexity index is 2970. The summed E-state index contributed by atoms with van der Waals surface area (Å²) in [6.45, 7) is 4.96. The normalized spacial score (nSPS) is 22.3. The maximum atomic E-state index is 9.52. The lowest BCUT2D eigenvalue weighted by Gasteiger charge is -2.50. The van der Waals surface area contributed by atoms with Crippen molar-refractivity contribution < 1.29 is 0 Å². The van der Waals surface area contributed by atoms with E-state index >= 15 is 0 Å². The van der Waals surface area contributed by atoms with Gasteiger partial charge >= 0.3 is 0 Å². The van der Waals surface area contributed by atoms with Gasteiger partial charge in [0, 0.05) is 16.7 Å². The van der Waals surface area contributed by atoms with Gasteiger partial charge in [-0.2, -0.15) is 5.26 Å². The Morgan fingerprint density at radius 1 is 0.468 bits per heavy atom. The summed E-state index contributed by atoms with van der Waals surface area (Å²) in [5, 5.41) is 9.52. The third kappa shape index (κ3) is 6.30. The van der Waals surface area contributed by atoms with Gasteiger partial charge < -0.3 is 0 Å². The van der Waals surface area contributed by atoms with Crippen LogP contribution in [0.5, 0.6) is 0 Å². The largest absolute Gasteiger partial charge is 0.208 e. The Morgan fingerprint density at radius 3 is 1.71 bits per heavy atom. The highest BCUT2D eigenvalue weighted by Gasteiger charge is 2.48. The van der Waals surface area contributed by atoms with Crippen LogP contribution in [0.1, 0.15) is 79.3 Å². The molecule has 0 amide bonds. The molecule has 2 saturated carbocycles. The first-order valence-corrected chi connectivity index (χ1v) is 22.2. The fourth-order valence-corrected chi connectivity index (χ4v) is 12.0. The summed E-state index contributed by atoms with van der Waals surface area (Å²) in [6.07, 6.45) is 6.63. The van der Waals surface area contributed by atoms with E-state index < -0.39 is 5.41 Å². The van der Waals surface area contributed by atoms with Crippen molar-refractivity contribution in [2.45, 2.75) is 56.8 Å². The molecule has 300 valence electrons. The van der Waals surface area contributed by atoms with Crippen molar-refractivity contribution >= 4 is 0 Å². The molecule has 1 aromatic heterocycles. The minimum atomic E-state index is -0.557. The van der Waals surface area contributed by atoms with Crippen LogP contribution in [0.2, 0.25) is 0 Å². The Hall–Kier alpha value is -6.96. The fraction of sp³-hybridized carbons (Fsp3) is 0.207. The standard InChI is InChI=1S/C58H48N4/c1-38-31-41-32-39(2)35-57(34-38,36-41)46-27-29-48(30-28-46)58(47-17-7-4-8-18-47)51-21-10-9-19-49(51)53-50(20-12-22-52(53)58)56-61-54(43-14-5-3-6-15-43)60-55(62-56)44-25-23-42(24-26-44)45-16-11-13-40(33-45)37-59/h3-30,33,38-39,41H,31-32,34-36H2,1-2H3/t38-,39+,41-,57?,58?. The lowest BCUT2D eigenvalue weighted by atomic mass is 9.54. The first-order chi connectivity index (χ1) is 30.4. The highest BCUT2D eigenvalue weighted by Crippen LogP contribution is 2.59. The van der Waals surface area contributed by atoms with Gasteiger partial charge in [0.05, 0.1) is 17.0 Å². The van der Waals surface area contributed by atoms with Crippen molar-refractivity contribution in [2.75, 3.05) is 0 Å². The molecule has 62 heavy (non-hydrogen) atoms. The van der Waals surface area contributed by atoms with Crippen LogP contribution < -0.4 is 0 Å². The predicted octanol–water partition coefficient (Wildman–Crippen LogP) is 13.9. The monoisotopic (exact) mass is 800 g/mol. The van der Waals surface area contributed by atoms with Crippen molar-refractivity contribution in [3.05, 3.63) is 209 Å². The Morgan fingerprint density at radius 2 is 1.00 bits per heavy atom. The summed E-state index contributed by atoms with van der Waals surface area (Å²) in [5.41, 5.74) is 14.0. The van der Waals surface area contributed by atoms with Crippen LogP contribution in [-0.2, 0) is 10.8 Å². The van der Waals surface area contributed by atoms with E-state index in [-0.39, 0.29) is 5.41 Å². The maximum absolute atomic E-state index is 9.52. The Labute approximate surface area is 365 Å². The van der Waals surface area contributed by atoms with Gasteiger partial charge in [-0.05, 0) is 117 Å². The van der Waals surface area contributed by atoms with Crippen LogP contribution in [0.15, 0.2) is 176 Å². The fourth-order valence-electron chi connectivity index (χ4n) is 12.0. The van der Waals surface area contributed by atoms with E-state index in [0.717, 1.165) is 51.1 Å². The SMILES string of the molecule is C[C@@H]1C[C@@H]2C[C@H](C)CC(c3ccc(C4(c5ccccc5)c5ccccc5-c5c(-c6nc(-c7ccccc7)nc(-c7ccc(-c8cccc(C#N)c8)cc7)n6)cccc54)cc3)(C1)C2. The van der Waals surface area contributed by atoms with Gasteiger partial charge in [0.15, 0.2) is 17.5 Å². The average molecular weight is 801 g/mol. The topological polar surface area (TPSA) is 62.5 Å². The number of nitriles is 1. The molecule has 7 aromatic carbocycles. The maximum Gasteiger partial charge on any atom is 0.164 e.